The number of fused-ring (bicyclic) bond motifs is 2. The maximum atomic E-state index is 13.0. The summed E-state index contributed by atoms with van der Waals surface area (Å²) in [5, 5.41) is 19.1. The van der Waals surface area contributed by atoms with Crippen molar-refractivity contribution < 1.29 is 43.2 Å². The van der Waals surface area contributed by atoms with Gasteiger partial charge in [-0.05, 0) is 42.5 Å². The summed E-state index contributed by atoms with van der Waals surface area (Å²) in [7, 11) is 2.63. The van der Waals surface area contributed by atoms with E-state index in [9.17, 15) is 24.6 Å². The highest BCUT2D eigenvalue weighted by Crippen LogP contribution is 2.53. The fraction of sp³-hybridized carbons (Fsp3) is 0.367. The molecule has 0 spiro atoms. The number of carboxylic acid groups (broad SMARTS) is 1. The molecular formula is C30H34N2O7+2. The van der Waals surface area contributed by atoms with Crippen LogP contribution < -0.4 is 9.13 Å². The lowest BCUT2D eigenvalue weighted by Gasteiger charge is -2.35. The number of carbonyl (C=O) groups is 3. The molecule has 0 fully saturated rings. The average molecular weight is 535 g/mol. The number of allylic oxidation sites excluding steroid dienone is 5. The summed E-state index contributed by atoms with van der Waals surface area (Å²) in [5.74, 6) is -2.10. The van der Waals surface area contributed by atoms with Crippen LogP contribution in [0, 0.1) is 0 Å². The van der Waals surface area contributed by atoms with Crippen molar-refractivity contribution in [3.05, 3.63) is 82.7 Å². The van der Waals surface area contributed by atoms with E-state index in [1.165, 1.54) is 25.0 Å². The molecule has 2 atom stereocenters. The minimum Gasteiger partial charge on any atom is -0.506 e. The number of ether oxygens (including phenoxy) is 2. The van der Waals surface area contributed by atoms with E-state index in [1.807, 2.05) is 27.0 Å². The predicted octanol–water partition coefficient (Wildman–Crippen LogP) is 3.43. The van der Waals surface area contributed by atoms with E-state index < -0.39 is 28.7 Å². The number of aliphatic hydroxyl groups excluding tert-OH is 1. The van der Waals surface area contributed by atoms with Crippen LogP contribution in [-0.2, 0) is 38.2 Å². The Morgan fingerprint density at radius 1 is 0.795 bits per heavy atom. The number of methoxy groups -OCH3 is 2. The number of rotatable bonds is 8. The molecule has 0 bridgehead atoms. The van der Waals surface area contributed by atoms with Gasteiger partial charge in [0.25, 0.3) is 0 Å². The summed E-state index contributed by atoms with van der Waals surface area (Å²) in [4.78, 5) is 37.4. The molecule has 4 rings (SSSR count). The average Bonchev–Trinajstić information content (AvgIpc) is 3.24. The van der Waals surface area contributed by atoms with Gasteiger partial charge in [-0.3, -0.25) is 0 Å². The fourth-order valence-electron chi connectivity index (χ4n) is 6.49. The van der Waals surface area contributed by atoms with Crippen LogP contribution in [0.3, 0.4) is 0 Å². The molecule has 0 aliphatic heterocycles. The summed E-state index contributed by atoms with van der Waals surface area (Å²) >= 11 is 0. The lowest BCUT2D eigenvalue weighted by molar-refractivity contribution is -0.691. The van der Waals surface area contributed by atoms with Gasteiger partial charge in [0, 0.05) is 22.0 Å². The number of aromatic nitrogens is 2. The smallest absolute Gasteiger partial charge is 0.370 e. The summed E-state index contributed by atoms with van der Waals surface area (Å²) in [6.07, 6.45) is 11.6. The second-order valence-electron chi connectivity index (χ2n) is 10.9. The molecule has 0 amide bonds. The van der Waals surface area contributed by atoms with E-state index in [2.05, 4.69) is 25.7 Å². The summed E-state index contributed by atoms with van der Waals surface area (Å²) < 4.78 is 13.4. The SMILES string of the molecule is C=C(O)C[n+]1cc(C(=O)OC)c2c(c1)C(C)=CC2(C)CC1(C)C=C(C)c2c[n+](CC(=O)O)cc(C(=O)OC)c21. The standard InChI is InChI=1S/C30H32N2O7/c1-17-8-29(4,25-20(17)11-31(10-19(3)33)13-22(25)27(36)38-6)16-30(5)9-18(2)21-12-32(15-24(34)35)14-23(26(21)30)28(37)39-7/h8-9,11-14H,3,10,15-16H2,1-2,4-7H3/p+2. The molecule has 2 aliphatic rings. The zero-order chi connectivity index (χ0) is 28.9. The van der Waals surface area contributed by atoms with E-state index in [0.29, 0.717) is 17.5 Å². The number of aliphatic hydroxyl groups is 1. The van der Waals surface area contributed by atoms with Crippen LogP contribution in [0.25, 0.3) is 11.1 Å². The van der Waals surface area contributed by atoms with Crippen molar-refractivity contribution in [3.63, 3.8) is 0 Å². The molecule has 2 N–H and O–H groups in total. The van der Waals surface area contributed by atoms with E-state index in [0.717, 1.165) is 33.4 Å². The topological polar surface area (TPSA) is 118 Å². The lowest BCUT2D eigenvalue weighted by Crippen LogP contribution is -2.41. The van der Waals surface area contributed by atoms with Gasteiger partial charge in [-0.25, -0.2) is 14.4 Å². The Kier molecular flexibility index (Phi) is 6.97. The number of pyridine rings is 2. The molecule has 0 saturated carbocycles. The third-order valence-electron chi connectivity index (χ3n) is 7.55. The number of carbonyl (C=O) groups excluding carboxylic acids is 2. The van der Waals surface area contributed by atoms with Gasteiger partial charge in [0.15, 0.2) is 30.5 Å². The molecule has 204 valence electrons. The van der Waals surface area contributed by atoms with Crippen molar-refractivity contribution in [3.8, 4) is 0 Å². The van der Waals surface area contributed by atoms with Gasteiger partial charge in [0.05, 0.1) is 14.2 Å². The molecule has 2 unspecified atom stereocenters. The Hall–Kier alpha value is -4.27. The van der Waals surface area contributed by atoms with E-state index in [-0.39, 0.29) is 18.8 Å². The molecule has 0 aromatic carbocycles. The van der Waals surface area contributed by atoms with E-state index >= 15 is 0 Å². The summed E-state index contributed by atoms with van der Waals surface area (Å²) in [6, 6.07) is 0. The van der Waals surface area contributed by atoms with Crippen LogP contribution in [-0.4, -0.2) is 42.3 Å². The first-order chi connectivity index (χ1) is 18.2. The van der Waals surface area contributed by atoms with Gasteiger partial charge >= 0.3 is 17.9 Å². The molecule has 2 aromatic heterocycles. The largest absolute Gasteiger partial charge is 0.506 e. The van der Waals surface area contributed by atoms with Gasteiger partial charge in [0.2, 0.25) is 13.1 Å². The fourth-order valence-corrected chi connectivity index (χ4v) is 6.49. The molecule has 0 radical (unpaired) electrons. The molecule has 39 heavy (non-hydrogen) atoms. The van der Waals surface area contributed by atoms with E-state index in [4.69, 9.17) is 9.47 Å². The Labute approximate surface area is 227 Å². The van der Waals surface area contributed by atoms with Crippen molar-refractivity contribution in [1.82, 2.24) is 0 Å². The summed E-state index contributed by atoms with van der Waals surface area (Å²) in [5.41, 5.74) is 4.50. The number of carboxylic acids is 1. The van der Waals surface area contributed by atoms with Crippen LogP contribution in [0.15, 0.2) is 49.3 Å². The van der Waals surface area contributed by atoms with E-state index in [1.54, 1.807) is 17.0 Å². The van der Waals surface area contributed by atoms with Crippen molar-refractivity contribution in [2.45, 2.75) is 58.0 Å². The van der Waals surface area contributed by atoms with Crippen LogP contribution >= 0.6 is 0 Å². The maximum absolute atomic E-state index is 13.0. The molecule has 2 aromatic rings. The van der Waals surface area contributed by atoms with Crippen LogP contribution in [0.5, 0.6) is 0 Å². The molecular weight excluding hydrogens is 500 g/mol. The van der Waals surface area contributed by atoms with Crippen LogP contribution in [0.4, 0.5) is 0 Å². The molecule has 2 aliphatic carbocycles. The normalized spacial score (nSPS) is 21.0. The zero-order valence-corrected chi connectivity index (χ0v) is 23.1. The van der Waals surface area contributed by atoms with Crippen LogP contribution in [0.2, 0.25) is 0 Å². The minimum atomic E-state index is -1.02. The van der Waals surface area contributed by atoms with Gasteiger partial charge in [-0.2, -0.15) is 9.13 Å². The maximum Gasteiger partial charge on any atom is 0.370 e. The Bertz CT molecular complexity index is 1390. The first-order valence-electron chi connectivity index (χ1n) is 12.5. The highest BCUT2D eigenvalue weighted by Gasteiger charge is 2.48. The number of hydrogen-bond donors (Lipinski definition) is 2. The van der Waals surface area contributed by atoms with Crippen molar-refractivity contribution >= 4 is 29.1 Å². The Morgan fingerprint density at radius 3 is 1.56 bits per heavy atom. The van der Waals surface area contributed by atoms with Gasteiger partial charge in [-0.15, -0.1) is 0 Å². The first kappa shape index (κ1) is 27.8. The van der Waals surface area contributed by atoms with Gasteiger partial charge < -0.3 is 19.7 Å². The third kappa shape index (κ3) is 4.84. The van der Waals surface area contributed by atoms with Gasteiger partial charge in [-0.1, -0.05) is 32.6 Å². The molecule has 9 nitrogen and oxygen atoms in total. The van der Waals surface area contributed by atoms with Crippen LogP contribution in [0.1, 0.15) is 77.1 Å². The molecule has 9 heteroatoms. The monoisotopic (exact) mass is 534 g/mol. The van der Waals surface area contributed by atoms with Gasteiger partial charge in [0.1, 0.15) is 11.1 Å². The van der Waals surface area contributed by atoms with Crippen molar-refractivity contribution in [1.29, 1.82) is 0 Å². The number of esters is 2. The highest BCUT2D eigenvalue weighted by atomic mass is 16.5. The second kappa shape index (κ2) is 9.80. The number of hydrogen-bond acceptors (Lipinski definition) is 6. The third-order valence-corrected chi connectivity index (χ3v) is 7.55. The number of aliphatic carboxylic acids is 1. The minimum absolute atomic E-state index is 0.0377. The first-order valence-corrected chi connectivity index (χ1v) is 12.5. The highest BCUT2D eigenvalue weighted by molar-refractivity contribution is 5.96. The molecule has 2 heterocycles. The zero-order valence-electron chi connectivity index (χ0n) is 23.1. The molecule has 0 saturated heterocycles. The quantitative estimate of drug-likeness (QED) is 0.303. The second-order valence-corrected chi connectivity index (χ2v) is 10.9. The number of nitrogens with zero attached hydrogens (tertiary/aromatic N) is 2. The Morgan fingerprint density at radius 2 is 1.21 bits per heavy atom. The summed E-state index contributed by atoms with van der Waals surface area (Å²) in [6.45, 7) is 11.4. The van der Waals surface area contributed by atoms with Crippen molar-refractivity contribution in [2.75, 3.05) is 14.2 Å². The predicted molar refractivity (Wildman–Crippen MR) is 142 cm³/mol. The Balaban J connectivity index is 1.90. The van der Waals surface area contributed by atoms with Crippen molar-refractivity contribution in [2.24, 2.45) is 0 Å². The lowest BCUT2D eigenvalue weighted by atomic mass is 9.67.